The predicted molar refractivity (Wildman–Crippen MR) is 69.6 cm³/mol. The lowest BCUT2D eigenvalue weighted by molar-refractivity contribution is 0.613. The maximum atomic E-state index is 13.4. The zero-order valence-corrected chi connectivity index (χ0v) is 9.84. The molecule has 0 aliphatic heterocycles. The molecule has 2 nitrogen and oxygen atoms in total. The van der Waals surface area contributed by atoms with Gasteiger partial charge in [-0.1, -0.05) is 23.7 Å². The number of nitrogens with two attached hydrogens (primary N) is 1. The van der Waals surface area contributed by atoms with E-state index in [1.165, 1.54) is 12.1 Å². The molecule has 17 heavy (non-hydrogen) atoms. The molecule has 0 heterocycles. The molecule has 0 saturated heterocycles. The first-order chi connectivity index (χ1) is 8.16. The van der Waals surface area contributed by atoms with Gasteiger partial charge in [-0.25, -0.2) is 4.39 Å². The fraction of sp³-hybridized carbons (Fsp3) is 0.0769. The molecule has 2 rings (SSSR count). The molecule has 88 valence electrons. The second-order valence-electron chi connectivity index (χ2n) is 3.68. The van der Waals surface area contributed by atoms with Crippen LogP contribution < -0.4 is 11.1 Å². The Hall–Kier alpha value is -1.74. The van der Waals surface area contributed by atoms with E-state index in [4.69, 9.17) is 17.3 Å². The lowest BCUT2D eigenvalue weighted by Gasteiger charge is -2.09. The van der Waals surface area contributed by atoms with Crippen molar-refractivity contribution in [2.45, 2.75) is 6.54 Å². The molecule has 0 atom stereocenters. The smallest absolute Gasteiger partial charge is 0.128 e. The summed E-state index contributed by atoms with van der Waals surface area (Å²) in [5, 5.41) is 3.59. The van der Waals surface area contributed by atoms with E-state index in [2.05, 4.69) is 5.32 Å². The van der Waals surface area contributed by atoms with Gasteiger partial charge >= 0.3 is 0 Å². The van der Waals surface area contributed by atoms with Crippen LogP contribution in [0.1, 0.15) is 5.56 Å². The third-order valence-electron chi connectivity index (χ3n) is 2.44. The molecular formula is C13H12ClFN2. The Bertz CT molecular complexity index is 529. The number of para-hydroxylation sites is 2. The SMILES string of the molecule is Nc1ccccc1NCc1cc(Cl)ccc1F. The van der Waals surface area contributed by atoms with E-state index in [0.717, 1.165) is 5.69 Å². The van der Waals surface area contributed by atoms with Crippen molar-refractivity contribution in [1.29, 1.82) is 0 Å². The van der Waals surface area contributed by atoms with Gasteiger partial charge in [-0.15, -0.1) is 0 Å². The highest BCUT2D eigenvalue weighted by atomic mass is 35.5. The van der Waals surface area contributed by atoms with Crippen molar-refractivity contribution in [3.63, 3.8) is 0 Å². The number of hydrogen-bond donors (Lipinski definition) is 2. The molecule has 2 aromatic rings. The zero-order chi connectivity index (χ0) is 12.3. The molecule has 0 fully saturated rings. The Morgan fingerprint density at radius 3 is 2.71 bits per heavy atom. The third kappa shape index (κ3) is 2.88. The highest BCUT2D eigenvalue weighted by molar-refractivity contribution is 6.30. The lowest BCUT2D eigenvalue weighted by Crippen LogP contribution is -2.03. The molecule has 3 N–H and O–H groups in total. The van der Waals surface area contributed by atoms with Crippen LogP contribution in [0, 0.1) is 5.82 Å². The molecule has 0 bridgehead atoms. The minimum Gasteiger partial charge on any atom is -0.397 e. The number of nitrogens with one attached hydrogen (secondary N) is 1. The van der Waals surface area contributed by atoms with E-state index in [1.807, 2.05) is 18.2 Å². The Morgan fingerprint density at radius 2 is 1.94 bits per heavy atom. The quantitative estimate of drug-likeness (QED) is 0.816. The first-order valence-electron chi connectivity index (χ1n) is 5.19. The van der Waals surface area contributed by atoms with Gasteiger partial charge in [0.25, 0.3) is 0 Å². The van der Waals surface area contributed by atoms with Crippen LogP contribution >= 0.6 is 11.6 Å². The van der Waals surface area contributed by atoms with Crippen LogP contribution in [0.5, 0.6) is 0 Å². The van der Waals surface area contributed by atoms with Gasteiger partial charge < -0.3 is 11.1 Å². The van der Waals surface area contributed by atoms with Crippen molar-refractivity contribution in [2.24, 2.45) is 0 Å². The first-order valence-corrected chi connectivity index (χ1v) is 5.57. The van der Waals surface area contributed by atoms with Gasteiger partial charge in [0.2, 0.25) is 0 Å². The Morgan fingerprint density at radius 1 is 1.18 bits per heavy atom. The molecule has 2 aromatic carbocycles. The van der Waals surface area contributed by atoms with Gasteiger partial charge in [-0.3, -0.25) is 0 Å². The summed E-state index contributed by atoms with van der Waals surface area (Å²) in [6.07, 6.45) is 0. The van der Waals surface area contributed by atoms with Gasteiger partial charge in [0, 0.05) is 17.1 Å². The van der Waals surface area contributed by atoms with E-state index in [0.29, 0.717) is 22.8 Å². The van der Waals surface area contributed by atoms with Crippen LogP contribution in [0.25, 0.3) is 0 Å². The number of benzene rings is 2. The lowest BCUT2D eigenvalue weighted by atomic mass is 10.2. The van der Waals surface area contributed by atoms with Crippen LogP contribution in [0.15, 0.2) is 42.5 Å². The minimum absolute atomic E-state index is 0.281. The number of nitrogen functional groups attached to an aromatic ring is 1. The molecule has 4 heteroatoms. The van der Waals surface area contributed by atoms with Gasteiger partial charge in [-0.2, -0.15) is 0 Å². The predicted octanol–water partition coefficient (Wildman–Crippen LogP) is 3.67. The summed E-state index contributed by atoms with van der Waals surface area (Å²) in [7, 11) is 0. The van der Waals surface area contributed by atoms with E-state index >= 15 is 0 Å². The number of rotatable bonds is 3. The van der Waals surface area contributed by atoms with Gasteiger partial charge in [-0.05, 0) is 30.3 Å². The Kier molecular flexibility index (Phi) is 3.49. The van der Waals surface area contributed by atoms with E-state index in [1.54, 1.807) is 12.1 Å². The van der Waals surface area contributed by atoms with Crippen LogP contribution in [-0.2, 0) is 6.54 Å². The topological polar surface area (TPSA) is 38.0 Å². The van der Waals surface area contributed by atoms with Crippen LogP contribution in [-0.4, -0.2) is 0 Å². The average Bonchev–Trinajstić information content (AvgIpc) is 2.32. The average molecular weight is 251 g/mol. The minimum atomic E-state index is -0.281. The molecule has 0 amide bonds. The normalized spacial score (nSPS) is 10.2. The third-order valence-corrected chi connectivity index (χ3v) is 2.67. The number of hydrogen-bond acceptors (Lipinski definition) is 2. The maximum absolute atomic E-state index is 13.4. The summed E-state index contributed by atoms with van der Waals surface area (Å²) >= 11 is 5.81. The fourth-order valence-corrected chi connectivity index (χ4v) is 1.72. The van der Waals surface area contributed by atoms with Gasteiger partial charge in [0.15, 0.2) is 0 Å². The summed E-state index contributed by atoms with van der Waals surface area (Å²) in [6.45, 7) is 0.348. The highest BCUT2D eigenvalue weighted by Crippen LogP contribution is 2.20. The van der Waals surface area contributed by atoms with E-state index in [-0.39, 0.29) is 5.82 Å². The number of anilines is 2. The van der Waals surface area contributed by atoms with Gasteiger partial charge in [0.1, 0.15) is 5.82 Å². The summed E-state index contributed by atoms with van der Waals surface area (Å²) in [5.74, 6) is -0.281. The highest BCUT2D eigenvalue weighted by Gasteiger charge is 2.03. The van der Waals surface area contributed by atoms with Crippen LogP contribution in [0.4, 0.5) is 15.8 Å². The molecule has 0 aliphatic carbocycles. The van der Waals surface area contributed by atoms with Crippen molar-refractivity contribution in [3.05, 3.63) is 58.9 Å². The maximum Gasteiger partial charge on any atom is 0.128 e. The zero-order valence-electron chi connectivity index (χ0n) is 9.08. The Balaban J connectivity index is 2.12. The van der Waals surface area contributed by atoms with Crippen LogP contribution in [0.3, 0.4) is 0 Å². The summed E-state index contributed by atoms with van der Waals surface area (Å²) in [6, 6.07) is 11.8. The standard InChI is InChI=1S/C13H12ClFN2/c14-10-5-6-11(15)9(7-10)8-17-13-4-2-1-3-12(13)16/h1-7,17H,8,16H2. The molecule has 0 unspecified atom stereocenters. The summed E-state index contributed by atoms with van der Waals surface area (Å²) < 4.78 is 13.4. The van der Waals surface area contributed by atoms with Crippen molar-refractivity contribution in [2.75, 3.05) is 11.1 Å². The van der Waals surface area contributed by atoms with Crippen molar-refractivity contribution in [1.82, 2.24) is 0 Å². The van der Waals surface area contributed by atoms with Crippen molar-refractivity contribution >= 4 is 23.0 Å². The largest absolute Gasteiger partial charge is 0.397 e. The van der Waals surface area contributed by atoms with E-state index in [9.17, 15) is 4.39 Å². The fourth-order valence-electron chi connectivity index (χ4n) is 1.53. The molecule has 0 radical (unpaired) electrons. The van der Waals surface area contributed by atoms with Crippen molar-refractivity contribution < 1.29 is 4.39 Å². The Labute approximate surface area is 104 Å². The van der Waals surface area contributed by atoms with E-state index < -0.39 is 0 Å². The monoisotopic (exact) mass is 250 g/mol. The molecule has 0 saturated carbocycles. The molecule has 0 spiro atoms. The molecule has 0 aliphatic rings. The molecular weight excluding hydrogens is 239 g/mol. The summed E-state index contributed by atoms with van der Waals surface area (Å²) in [5.41, 5.74) is 7.70. The van der Waals surface area contributed by atoms with Crippen LogP contribution in [0.2, 0.25) is 5.02 Å². The second kappa shape index (κ2) is 5.06. The second-order valence-corrected chi connectivity index (χ2v) is 4.11. The number of halogens is 2. The van der Waals surface area contributed by atoms with Gasteiger partial charge in [0.05, 0.1) is 11.4 Å². The summed E-state index contributed by atoms with van der Waals surface area (Å²) in [4.78, 5) is 0. The van der Waals surface area contributed by atoms with Crippen molar-refractivity contribution in [3.8, 4) is 0 Å². The first kappa shape index (κ1) is 11.7. The molecule has 0 aromatic heterocycles.